The van der Waals surface area contributed by atoms with E-state index in [0.29, 0.717) is 17.8 Å². The van der Waals surface area contributed by atoms with E-state index in [9.17, 15) is 4.79 Å². The third-order valence-corrected chi connectivity index (χ3v) is 3.41. The maximum atomic E-state index is 11.2. The molecule has 0 saturated heterocycles. The number of nitrogens with two attached hydrogens (primary N) is 1. The van der Waals surface area contributed by atoms with E-state index in [1.807, 2.05) is 0 Å². The first-order valence-corrected chi connectivity index (χ1v) is 5.94. The summed E-state index contributed by atoms with van der Waals surface area (Å²) in [6, 6.07) is 0. The Hall–Kier alpha value is -0.570. The number of carbonyl (C=O) groups excluding carboxylic acids is 1. The van der Waals surface area contributed by atoms with E-state index in [1.54, 1.807) is 0 Å². The Labute approximate surface area is 92.4 Å². The lowest BCUT2D eigenvalue weighted by Gasteiger charge is -2.36. The van der Waals surface area contributed by atoms with Crippen LogP contribution in [0.2, 0.25) is 0 Å². The molecule has 1 saturated carbocycles. The van der Waals surface area contributed by atoms with Gasteiger partial charge in [-0.05, 0) is 30.6 Å². The van der Waals surface area contributed by atoms with Crippen molar-refractivity contribution in [2.75, 3.05) is 6.54 Å². The minimum Gasteiger partial charge on any atom is -0.461 e. The van der Waals surface area contributed by atoms with Crippen molar-refractivity contribution < 1.29 is 9.53 Å². The van der Waals surface area contributed by atoms with Crippen molar-refractivity contribution in [1.82, 2.24) is 0 Å². The van der Waals surface area contributed by atoms with Gasteiger partial charge >= 0.3 is 5.97 Å². The van der Waals surface area contributed by atoms with Gasteiger partial charge in [-0.2, -0.15) is 0 Å². The number of hydrogen-bond donors (Lipinski definition) is 1. The molecular weight excluding hydrogens is 190 g/mol. The fourth-order valence-corrected chi connectivity index (χ4v) is 2.47. The molecule has 3 nitrogen and oxygen atoms in total. The number of esters is 1. The molecule has 1 rings (SSSR count). The van der Waals surface area contributed by atoms with Gasteiger partial charge in [-0.1, -0.05) is 27.2 Å². The summed E-state index contributed by atoms with van der Waals surface area (Å²) in [5.74, 6) is 1.49. The smallest absolute Gasteiger partial charge is 0.319 e. The van der Waals surface area contributed by atoms with Gasteiger partial charge in [0.1, 0.15) is 6.10 Å². The Morgan fingerprint density at radius 3 is 2.67 bits per heavy atom. The first-order valence-electron chi connectivity index (χ1n) is 5.94. The zero-order chi connectivity index (χ0) is 11.4. The number of hydrogen-bond acceptors (Lipinski definition) is 3. The van der Waals surface area contributed by atoms with Gasteiger partial charge in [0, 0.05) is 0 Å². The summed E-state index contributed by atoms with van der Waals surface area (Å²) in [5, 5.41) is 0. The van der Waals surface area contributed by atoms with Crippen molar-refractivity contribution >= 4 is 5.97 Å². The molecule has 1 fully saturated rings. The molecule has 15 heavy (non-hydrogen) atoms. The standard InChI is InChI=1S/C12H23NO2/c1-8(2)10-5-4-9(3)6-11(10)15-12(14)7-13/h8-11H,4-7,13H2,1-3H3/t9-,10+,11?/m1/s1. The molecule has 1 aliphatic carbocycles. The first-order chi connectivity index (χ1) is 7.04. The van der Waals surface area contributed by atoms with E-state index in [2.05, 4.69) is 20.8 Å². The van der Waals surface area contributed by atoms with Crippen molar-refractivity contribution in [3.8, 4) is 0 Å². The summed E-state index contributed by atoms with van der Waals surface area (Å²) in [6.07, 6.45) is 3.50. The molecule has 0 aliphatic heterocycles. The van der Waals surface area contributed by atoms with Gasteiger partial charge in [-0.15, -0.1) is 0 Å². The number of rotatable bonds is 3. The lowest BCUT2D eigenvalue weighted by molar-refractivity contribution is -0.154. The molecular formula is C12H23NO2. The van der Waals surface area contributed by atoms with Crippen LogP contribution in [0.1, 0.15) is 40.0 Å². The van der Waals surface area contributed by atoms with Crippen LogP contribution in [0.3, 0.4) is 0 Å². The second kappa shape index (κ2) is 5.50. The Morgan fingerprint density at radius 2 is 2.13 bits per heavy atom. The van der Waals surface area contributed by atoms with Gasteiger partial charge < -0.3 is 10.5 Å². The second-order valence-electron chi connectivity index (χ2n) is 5.06. The van der Waals surface area contributed by atoms with E-state index in [0.717, 1.165) is 6.42 Å². The Balaban J connectivity index is 2.57. The van der Waals surface area contributed by atoms with Crippen LogP contribution in [0, 0.1) is 17.8 Å². The van der Waals surface area contributed by atoms with Crippen molar-refractivity contribution in [3.63, 3.8) is 0 Å². The fourth-order valence-electron chi connectivity index (χ4n) is 2.47. The van der Waals surface area contributed by atoms with E-state index in [-0.39, 0.29) is 18.6 Å². The quantitative estimate of drug-likeness (QED) is 0.729. The SMILES string of the molecule is CC(C)[C@@H]1CC[C@@H](C)CC1OC(=O)CN. The van der Waals surface area contributed by atoms with E-state index < -0.39 is 0 Å². The van der Waals surface area contributed by atoms with Crippen LogP contribution in [0.5, 0.6) is 0 Å². The third kappa shape index (κ3) is 3.49. The maximum absolute atomic E-state index is 11.2. The predicted octanol–water partition coefficient (Wildman–Crippen LogP) is 1.95. The minimum atomic E-state index is -0.264. The van der Waals surface area contributed by atoms with Crippen molar-refractivity contribution in [3.05, 3.63) is 0 Å². The lowest BCUT2D eigenvalue weighted by Crippen LogP contribution is -2.37. The lowest BCUT2D eigenvalue weighted by atomic mass is 9.75. The summed E-state index contributed by atoms with van der Waals surface area (Å²) in [7, 11) is 0. The third-order valence-electron chi connectivity index (χ3n) is 3.41. The summed E-state index contributed by atoms with van der Waals surface area (Å²) in [4.78, 5) is 11.2. The van der Waals surface area contributed by atoms with Crippen LogP contribution in [0.15, 0.2) is 0 Å². The highest BCUT2D eigenvalue weighted by atomic mass is 16.5. The number of carbonyl (C=O) groups is 1. The van der Waals surface area contributed by atoms with Crippen LogP contribution in [0.25, 0.3) is 0 Å². The molecule has 0 spiro atoms. The second-order valence-corrected chi connectivity index (χ2v) is 5.06. The summed E-state index contributed by atoms with van der Waals surface area (Å²) in [6.45, 7) is 6.61. The fraction of sp³-hybridized carbons (Fsp3) is 0.917. The van der Waals surface area contributed by atoms with Crippen molar-refractivity contribution in [1.29, 1.82) is 0 Å². The van der Waals surface area contributed by atoms with Crippen LogP contribution < -0.4 is 5.73 Å². The van der Waals surface area contributed by atoms with Gasteiger partial charge in [0.2, 0.25) is 0 Å². The molecule has 88 valence electrons. The number of ether oxygens (including phenoxy) is 1. The first kappa shape index (κ1) is 12.5. The highest BCUT2D eigenvalue weighted by Crippen LogP contribution is 2.35. The average Bonchev–Trinajstić information content (AvgIpc) is 2.17. The Bertz CT molecular complexity index is 216. The molecule has 0 heterocycles. The summed E-state index contributed by atoms with van der Waals surface area (Å²) >= 11 is 0. The Morgan fingerprint density at radius 1 is 1.47 bits per heavy atom. The van der Waals surface area contributed by atoms with Crippen LogP contribution in [-0.4, -0.2) is 18.6 Å². The van der Waals surface area contributed by atoms with Gasteiger partial charge in [0.05, 0.1) is 6.54 Å². The molecule has 1 aliphatic rings. The molecule has 0 radical (unpaired) electrons. The highest BCUT2D eigenvalue weighted by Gasteiger charge is 2.32. The molecule has 2 N–H and O–H groups in total. The van der Waals surface area contributed by atoms with Crippen molar-refractivity contribution in [2.45, 2.75) is 46.1 Å². The molecule has 0 amide bonds. The summed E-state index contributed by atoms with van der Waals surface area (Å²) < 4.78 is 5.42. The zero-order valence-corrected chi connectivity index (χ0v) is 10.0. The van der Waals surface area contributed by atoms with Crippen LogP contribution in [0.4, 0.5) is 0 Å². The molecule has 0 aromatic heterocycles. The zero-order valence-electron chi connectivity index (χ0n) is 10.0. The van der Waals surface area contributed by atoms with Gasteiger partial charge in [0.15, 0.2) is 0 Å². The summed E-state index contributed by atoms with van der Waals surface area (Å²) in [5.41, 5.74) is 5.27. The predicted molar refractivity (Wildman–Crippen MR) is 60.3 cm³/mol. The topological polar surface area (TPSA) is 52.3 Å². The van der Waals surface area contributed by atoms with Crippen LogP contribution >= 0.6 is 0 Å². The average molecular weight is 213 g/mol. The Kier molecular flexibility index (Phi) is 4.58. The van der Waals surface area contributed by atoms with Gasteiger partial charge in [-0.3, -0.25) is 4.79 Å². The van der Waals surface area contributed by atoms with E-state index in [1.165, 1.54) is 12.8 Å². The van der Waals surface area contributed by atoms with Crippen LogP contribution in [-0.2, 0) is 9.53 Å². The molecule has 0 aromatic carbocycles. The largest absolute Gasteiger partial charge is 0.461 e. The van der Waals surface area contributed by atoms with Gasteiger partial charge in [-0.25, -0.2) is 0 Å². The molecule has 0 bridgehead atoms. The van der Waals surface area contributed by atoms with E-state index >= 15 is 0 Å². The normalized spacial score (nSPS) is 31.7. The van der Waals surface area contributed by atoms with Crippen molar-refractivity contribution in [2.24, 2.45) is 23.5 Å². The van der Waals surface area contributed by atoms with E-state index in [4.69, 9.17) is 10.5 Å². The molecule has 0 aromatic rings. The van der Waals surface area contributed by atoms with Gasteiger partial charge in [0.25, 0.3) is 0 Å². The maximum Gasteiger partial charge on any atom is 0.319 e. The minimum absolute atomic E-state index is 0.00427. The highest BCUT2D eigenvalue weighted by molar-refractivity contribution is 5.71. The molecule has 1 unspecified atom stereocenters. The monoisotopic (exact) mass is 213 g/mol. The molecule has 3 atom stereocenters. The molecule has 3 heteroatoms.